The van der Waals surface area contributed by atoms with Crippen LogP contribution in [0.4, 0.5) is 18.9 Å². The van der Waals surface area contributed by atoms with Crippen LogP contribution in [0.25, 0.3) is 0 Å². The Morgan fingerprint density at radius 2 is 1.78 bits per heavy atom. The second-order valence-electron chi connectivity index (χ2n) is 11.8. The van der Waals surface area contributed by atoms with Crippen molar-refractivity contribution in [2.24, 2.45) is 16.8 Å². The summed E-state index contributed by atoms with van der Waals surface area (Å²) in [5.74, 6) is 1.08. The minimum atomic E-state index is -4.57. The van der Waals surface area contributed by atoms with E-state index >= 15 is 0 Å². The summed E-state index contributed by atoms with van der Waals surface area (Å²) in [5.41, 5.74) is 0.173. The number of hydrogen-bond donors (Lipinski definition) is 1. The molecule has 3 fully saturated rings. The molecule has 1 aromatic carbocycles. The van der Waals surface area contributed by atoms with Crippen LogP contribution >= 0.6 is 11.6 Å². The summed E-state index contributed by atoms with van der Waals surface area (Å²) in [6.45, 7) is 8.21. The molecule has 1 N–H and O–H groups in total. The summed E-state index contributed by atoms with van der Waals surface area (Å²) < 4.78 is 45.1. The minimum absolute atomic E-state index is 0.0322. The SMILES string of the molecule is CCC1=C(N2CCN(C(C)=O)CC2)C(=O)N2CC=C(N3CC4COC[C@@H]4C3)N=C2N1CC(=O)Nc1ccc(C(F)(F)F)cc1Cl. The molecule has 5 aliphatic heterocycles. The van der Waals surface area contributed by atoms with Crippen molar-refractivity contribution in [3.05, 3.63) is 52.1 Å². The number of nitrogens with zero attached hydrogens (tertiary/aromatic N) is 6. The van der Waals surface area contributed by atoms with Crippen molar-refractivity contribution in [3.8, 4) is 0 Å². The van der Waals surface area contributed by atoms with E-state index in [-0.39, 0.29) is 35.6 Å². The number of amides is 3. The molecule has 5 heterocycles. The molecule has 0 bridgehead atoms. The molecule has 2 atom stereocenters. The molecule has 45 heavy (non-hydrogen) atoms. The highest BCUT2D eigenvalue weighted by Crippen LogP contribution is 2.36. The predicted molar refractivity (Wildman–Crippen MR) is 160 cm³/mol. The molecule has 0 radical (unpaired) electrons. The fraction of sp³-hybridized carbons (Fsp3) is 0.533. The number of rotatable bonds is 6. The number of alkyl halides is 3. The Labute approximate surface area is 263 Å². The van der Waals surface area contributed by atoms with Gasteiger partial charge >= 0.3 is 6.18 Å². The number of nitrogens with one attached hydrogen (secondary N) is 1. The summed E-state index contributed by atoms with van der Waals surface area (Å²) in [6, 6.07) is 2.75. The zero-order valence-corrected chi connectivity index (χ0v) is 25.8. The monoisotopic (exact) mass is 649 g/mol. The molecular formula is C30H35ClF3N7O4. The molecule has 6 rings (SSSR count). The molecule has 242 valence electrons. The lowest BCUT2D eigenvalue weighted by Crippen LogP contribution is -2.59. The van der Waals surface area contributed by atoms with E-state index < -0.39 is 17.6 Å². The number of aliphatic imine (C=N–C) groups is 1. The molecule has 11 nitrogen and oxygen atoms in total. The number of carbonyl (C=O) groups is 3. The van der Waals surface area contributed by atoms with E-state index in [2.05, 4.69) is 10.2 Å². The topological polar surface area (TPSA) is 101 Å². The lowest BCUT2D eigenvalue weighted by atomic mass is 10.0. The van der Waals surface area contributed by atoms with Crippen molar-refractivity contribution in [1.82, 2.24) is 24.5 Å². The number of ether oxygens (including phenoxy) is 1. The highest BCUT2D eigenvalue weighted by atomic mass is 35.5. The summed E-state index contributed by atoms with van der Waals surface area (Å²) in [4.78, 5) is 53.6. The summed E-state index contributed by atoms with van der Waals surface area (Å²) in [6.07, 6.45) is -2.25. The van der Waals surface area contributed by atoms with E-state index in [1.165, 1.54) is 6.92 Å². The van der Waals surface area contributed by atoms with Gasteiger partial charge in [0.15, 0.2) is 0 Å². The first-order valence-electron chi connectivity index (χ1n) is 15.1. The molecule has 0 aliphatic carbocycles. The highest BCUT2D eigenvalue weighted by Gasteiger charge is 2.44. The molecule has 0 saturated carbocycles. The zero-order valence-electron chi connectivity index (χ0n) is 25.1. The van der Waals surface area contributed by atoms with Crippen LogP contribution in [0.15, 0.2) is 46.5 Å². The maximum absolute atomic E-state index is 14.1. The van der Waals surface area contributed by atoms with Crippen molar-refractivity contribution in [2.75, 3.05) is 70.9 Å². The Bertz CT molecular complexity index is 1480. The van der Waals surface area contributed by atoms with Crippen LogP contribution in [0.1, 0.15) is 25.8 Å². The minimum Gasteiger partial charge on any atom is -0.381 e. The van der Waals surface area contributed by atoms with Crippen molar-refractivity contribution >= 4 is 41.0 Å². The maximum atomic E-state index is 14.1. The van der Waals surface area contributed by atoms with Crippen molar-refractivity contribution in [3.63, 3.8) is 0 Å². The van der Waals surface area contributed by atoms with E-state index in [0.717, 1.165) is 37.1 Å². The predicted octanol–water partition coefficient (Wildman–Crippen LogP) is 3.02. The van der Waals surface area contributed by atoms with Crippen LogP contribution in [-0.4, -0.2) is 114 Å². The Morgan fingerprint density at radius 3 is 2.38 bits per heavy atom. The van der Waals surface area contributed by atoms with Gasteiger partial charge in [-0.1, -0.05) is 18.5 Å². The maximum Gasteiger partial charge on any atom is 0.416 e. The first-order chi connectivity index (χ1) is 21.4. The zero-order chi connectivity index (χ0) is 32.0. The third-order valence-electron chi connectivity index (χ3n) is 9.01. The summed E-state index contributed by atoms with van der Waals surface area (Å²) >= 11 is 6.13. The number of halogens is 4. The van der Waals surface area contributed by atoms with Gasteiger partial charge in [-0.25, -0.2) is 0 Å². The van der Waals surface area contributed by atoms with Crippen LogP contribution in [0.3, 0.4) is 0 Å². The number of hydrogen-bond acceptors (Lipinski definition) is 8. The molecule has 1 unspecified atom stereocenters. The molecule has 3 amide bonds. The fourth-order valence-electron chi connectivity index (χ4n) is 6.63. The Balaban J connectivity index is 1.31. The molecule has 0 aromatic heterocycles. The summed E-state index contributed by atoms with van der Waals surface area (Å²) in [7, 11) is 0. The molecule has 1 aromatic rings. The van der Waals surface area contributed by atoms with Gasteiger partial charge in [0, 0.05) is 58.0 Å². The number of guanidine groups is 1. The van der Waals surface area contributed by atoms with E-state index in [1.807, 2.05) is 17.9 Å². The van der Waals surface area contributed by atoms with Crippen molar-refractivity contribution in [2.45, 2.75) is 26.4 Å². The molecular weight excluding hydrogens is 615 g/mol. The largest absolute Gasteiger partial charge is 0.416 e. The van der Waals surface area contributed by atoms with Gasteiger partial charge in [-0.3, -0.25) is 19.3 Å². The third-order valence-corrected chi connectivity index (χ3v) is 9.33. The smallest absolute Gasteiger partial charge is 0.381 e. The van der Waals surface area contributed by atoms with Gasteiger partial charge in [0.1, 0.15) is 18.1 Å². The normalized spacial score (nSPS) is 23.7. The van der Waals surface area contributed by atoms with Crippen LogP contribution < -0.4 is 5.32 Å². The van der Waals surface area contributed by atoms with Crippen LogP contribution in [0.2, 0.25) is 5.02 Å². The average molecular weight is 650 g/mol. The first-order valence-corrected chi connectivity index (χ1v) is 15.4. The van der Waals surface area contributed by atoms with Crippen LogP contribution in [0.5, 0.6) is 0 Å². The van der Waals surface area contributed by atoms with Crippen LogP contribution in [-0.2, 0) is 25.3 Å². The van der Waals surface area contributed by atoms with Gasteiger partial charge in [-0.05, 0) is 30.7 Å². The van der Waals surface area contributed by atoms with Gasteiger partial charge in [0.2, 0.25) is 17.8 Å². The second kappa shape index (κ2) is 12.2. The molecule has 5 aliphatic rings. The van der Waals surface area contributed by atoms with E-state index in [0.29, 0.717) is 75.0 Å². The Kier molecular flexibility index (Phi) is 8.46. The Hall–Kier alpha value is -3.78. The summed E-state index contributed by atoms with van der Waals surface area (Å²) in [5, 5.41) is 2.39. The van der Waals surface area contributed by atoms with Crippen molar-refractivity contribution in [1.29, 1.82) is 0 Å². The number of carbonyl (C=O) groups excluding carboxylic acids is 3. The van der Waals surface area contributed by atoms with Gasteiger partial charge < -0.3 is 29.7 Å². The van der Waals surface area contributed by atoms with E-state index in [1.54, 1.807) is 14.7 Å². The highest BCUT2D eigenvalue weighted by molar-refractivity contribution is 6.33. The van der Waals surface area contributed by atoms with Gasteiger partial charge in [0.05, 0.1) is 41.7 Å². The van der Waals surface area contributed by atoms with E-state index in [9.17, 15) is 27.6 Å². The number of anilines is 1. The molecule has 0 spiro atoms. The lowest BCUT2D eigenvalue weighted by Gasteiger charge is -2.45. The standard InChI is InChI=1S/C30H35ClF3N7O4/c1-3-24-27(38-10-8-37(9-11-38)18(2)42)28(44)40-7-6-25(39-13-19-16-45-17-20(19)14-39)36-29(40)41(24)15-26(43)35-23-5-4-21(12-22(23)31)30(32,33)34/h4-6,12,19-20H,3,7-11,13-17H2,1-2H3,(H,35,43)/t19-,20?/m0/s1. The fourth-order valence-corrected chi connectivity index (χ4v) is 6.86. The van der Waals surface area contributed by atoms with E-state index in [4.69, 9.17) is 21.3 Å². The van der Waals surface area contributed by atoms with Gasteiger partial charge in [-0.2, -0.15) is 18.2 Å². The average Bonchev–Trinajstić information content (AvgIpc) is 3.62. The van der Waals surface area contributed by atoms with Gasteiger partial charge in [-0.15, -0.1) is 0 Å². The molecule has 3 saturated heterocycles. The Morgan fingerprint density at radius 1 is 1.09 bits per heavy atom. The number of benzene rings is 1. The van der Waals surface area contributed by atoms with Gasteiger partial charge in [0.25, 0.3) is 5.91 Å². The third kappa shape index (κ3) is 6.09. The molecule has 15 heteroatoms. The first kappa shape index (κ1) is 31.2. The quantitative estimate of drug-likeness (QED) is 0.506. The van der Waals surface area contributed by atoms with Crippen LogP contribution in [0, 0.1) is 11.8 Å². The number of likely N-dealkylation sites (tertiary alicyclic amines) is 1. The number of allylic oxidation sites excluding steroid dienone is 1. The second-order valence-corrected chi connectivity index (χ2v) is 12.2. The number of piperazine rings is 1. The number of fused-ring (bicyclic) bond motifs is 2. The lowest BCUT2D eigenvalue weighted by molar-refractivity contribution is -0.137. The van der Waals surface area contributed by atoms with Crippen molar-refractivity contribution < 1.29 is 32.3 Å².